The van der Waals surface area contributed by atoms with Gasteiger partial charge in [-0.1, -0.05) is 13.3 Å². The first-order valence-electron chi connectivity index (χ1n) is 6.03. The van der Waals surface area contributed by atoms with Crippen LogP contribution in [0.15, 0.2) is 12.1 Å². The van der Waals surface area contributed by atoms with Gasteiger partial charge in [0.15, 0.2) is 0 Å². The van der Waals surface area contributed by atoms with Crippen molar-refractivity contribution in [2.24, 2.45) is 5.41 Å². The van der Waals surface area contributed by atoms with Gasteiger partial charge >= 0.3 is 0 Å². The molecule has 1 aromatic rings. The zero-order valence-electron chi connectivity index (χ0n) is 10.1. The van der Waals surface area contributed by atoms with E-state index in [0.29, 0.717) is 12.6 Å². The maximum Gasteiger partial charge on any atom is 0.0499 e. The molecule has 0 amide bonds. The topological polar surface area (TPSA) is 32.3 Å². The first kappa shape index (κ1) is 12.1. The van der Waals surface area contributed by atoms with Crippen LogP contribution in [-0.4, -0.2) is 17.8 Å². The van der Waals surface area contributed by atoms with E-state index in [0.717, 1.165) is 13.0 Å². The molecule has 1 aliphatic rings. The Hall–Kier alpha value is -0.380. The molecule has 2 nitrogen and oxygen atoms in total. The second-order valence-electron chi connectivity index (χ2n) is 5.15. The number of hydrogen-bond donors (Lipinski definition) is 2. The number of nitrogens with one attached hydrogen (secondary N) is 1. The summed E-state index contributed by atoms with van der Waals surface area (Å²) >= 11 is 1.85. The molecule has 0 radical (unpaired) electrons. The third-order valence-corrected chi connectivity index (χ3v) is 4.76. The van der Waals surface area contributed by atoms with Crippen molar-refractivity contribution in [2.45, 2.75) is 45.7 Å². The molecule has 0 spiro atoms. The highest BCUT2D eigenvalue weighted by Crippen LogP contribution is 2.37. The molecule has 1 heterocycles. The normalized spacial score (nSPS) is 29.8. The summed E-state index contributed by atoms with van der Waals surface area (Å²) in [7, 11) is 0. The first-order chi connectivity index (χ1) is 7.64. The number of hydrogen-bond acceptors (Lipinski definition) is 3. The molecule has 0 saturated heterocycles. The van der Waals surface area contributed by atoms with Crippen molar-refractivity contribution >= 4 is 11.3 Å². The van der Waals surface area contributed by atoms with E-state index in [1.165, 1.54) is 22.6 Å². The van der Waals surface area contributed by atoms with Crippen molar-refractivity contribution in [3.8, 4) is 0 Å². The molecular weight excluding hydrogens is 218 g/mol. The fraction of sp³-hybridized carbons (Fsp3) is 0.692. The van der Waals surface area contributed by atoms with Crippen LogP contribution in [0.4, 0.5) is 0 Å². The summed E-state index contributed by atoms with van der Waals surface area (Å²) < 4.78 is 0. The van der Waals surface area contributed by atoms with Crippen LogP contribution in [0.5, 0.6) is 0 Å². The molecular formula is C13H21NOS. The smallest absolute Gasteiger partial charge is 0.0499 e. The lowest BCUT2D eigenvalue weighted by atomic mass is 9.86. The average Bonchev–Trinajstić information content (AvgIpc) is 2.83. The van der Waals surface area contributed by atoms with Crippen LogP contribution in [0.2, 0.25) is 0 Å². The van der Waals surface area contributed by atoms with E-state index in [-0.39, 0.29) is 5.41 Å². The molecule has 90 valence electrons. The molecule has 0 aromatic carbocycles. The molecule has 1 aromatic heterocycles. The lowest BCUT2D eigenvalue weighted by Crippen LogP contribution is -2.41. The molecule has 1 fully saturated rings. The van der Waals surface area contributed by atoms with Gasteiger partial charge < -0.3 is 10.4 Å². The van der Waals surface area contributed by atoms with Crippen LogP contribution in [-0.2, 0) is 6.54 Å². The zero-order chi connectivity index (χ0) is 11.6. The van der Waals surface area contributed by atoms with Crippen LogP contribution in [0.3, 0.4) is 0 Å². The van der Waals surface area contributed by atoms with Crippen LogP contribution < -0.4 is 5.32 Å². The summed E-state index contributed by atoms with van der Waals surface area (Å²) in [5, 5.41) is 13.1. The molecule has 0 aliphatic heterocycles. The van der Waals surface area contributed by atoms with Crippen molar-refractivity contribution in [1.82, 2.24) is 5.32 Å². The Morgan fingerprint density at radius 1 is 1.56 bits per heavy atom. The van der Waals surface area contributed by atoms with E-state index in [2.05, 4.69) is 31.3 Å². The van der Waals surface area contributed by atoms with E-state index < -0.39 is 0 Å². The lowest BCUT2D eigenvalue weighted by Gasteiger charge is -2.30. The molecule has 3 heteroatoms. The number of rotatable bonds is 4. The summed E-state index contributed by atoms with van der Waals surface area (Å²) in [4.78, 5) is 2.76. The molecule has 2 N–H and O–H groups in total. The SMILES string of the molecule is Cc1ccc(CNC2CCCC2(C)CO)s1. The van der Waals surface area contributed by atoms with E-state index in [1.807, 2.05) is 11.3 Å². The van der Waals surface area contributed by atoms with Gasteiger partial charge in [0, 0.05) is 34.4 Å². The molecule has 2 atom stereocenters. The fourth-order valence-corrected chi connectivity index (χ4v) is 3.42. The van der Waals surface area contributed by atoms with Gasteiger partial charge in [-0.15, -0.1) is 11.3 Å². The average molecular weight is 239 g/mol. The van der Waals surface area contributed by atoms with E-state index >= 15 is 0 Å². The summed E-state index contributed by atoms with van der Waals surface area (Å²) in [5.41, 5.74) is 0.0896. The van der Waals surface area contributed by atoms with Gasteiger partial charge in [0.25, 0.3) is 0 Å². The standard InChI is InChI=1S/C13H21NOS/c1-10-5-6-11(16-10)8-14-12-4-3-7-13(12,2)9-15/h5-6,12,14-15H,3-4,7-9H2,1-2H3. The molecule has 1 aliphatic carbocycles. The van der Waals surface area contributed by atoms with E-state index in [9.17, 15) is 5.11 Å². The van der Waals surface area contributed by atoms with Gasteiger partial charge in [0.05, 0.1) is 0 Å². The fourth-order valence-electron chi connectivity index (χ4n) is 2.57. The van der Waals surface area contributed by atoms with Gasteiger partial charge in [-0.3, -0.25) is 0 Å². The Morgan fingerprint density at radius 2 is 2.38 bits per heavy atom. The van der Waals surface area contributed by atoms with E-state index in [4.69, 9.17) is 0 Å². The van der Waals surface area contributed by atoms with Crippen LogP contribution in [0.25, 0.3) is 0 Å². The maximum absolute atomic E-state index is 9.46. The highest BCUT2D eigenvalue weighted by atomic mass is 32.1. The van der Waals surface area contributed by atoms with Gasteiger partial charge in [0.2, 0.25) is 0 Å². The van der Waals surface area contributed by atoms with Crippen molar-refractivity contribution in [1.29, 1.82) is 0 Å². The Bertz CT molecular complexity index is 349. The Balaban J connectivity index is 1.90. The maximum atomic E-state index is 9.46. The van der Waals surface area contributed by atoms with E-state index in [1.54, 1.807) is 0 Å². The van der Waals surface area contributed by atoms with Gasteiger partial charge in [-0.05, 0) is 31.9 Å². The predicted octanol–water partition coefficient (Wildman–Crippen LogP) is 2.70. The predicted molar refractivity (Wildman–Crippen MR) is 68.7 cm³/mol. The van der Waals surface area contributed by atoms with Crippen molar-refractivity contribution < 1.29 is 5.11 Å². The van der Waals surface area contributed by atoms with Crippen LogP contribution in [0.1, 0.15) is 35.9 Å². The Kier molecular flexibility index (Phi) is 3.67. The van der Waals surface area contributed by atoms with Crippen molar-refractivity contribution in [3.05, 3.63) is 21.9 Å². The second-order valence-corrected chi connectivity index (χ2v) is 6.52. The largest absolute Gasteiger partial charge is 0.396 e. The molecule has 1 saturated carbocycles. The highest BCUT2D eigenvalue weighted by Gasteiger charge is 2.37. The molecule has 0 bridgehead atoms. The van der Waals surface area contributed by atoms with Gasteiger partial charge in [0.1, 0.15) is 0 Å². The summed E-state index contributed by atoms with van der Waals surface area (Å²) in [6, 6.07) is 4.83. The summed E-state index contributed by atoms with van der Waals surface area (Å²) in [5.74, 6) is 0. The molecule has 2 unspecified atom stereocenters. The summed E-state index contributed by atoms with van der Waals surface area (Å²) in [6.07, 6.45) is 3.57. The molecule has 2 rings (SSSR count). The summed E-state index contributed by atoms with van der Waals surface area (Å²) in [6.45, 7) is 5.58. The number of aliphatic hydroxyl groups excluding tert-OH is 1. The monoisotopic (exact) mass is 239 g/mol. The first-order valence-corrected chi connectivity index (χ1v) is 6.85. The number of aryl methyl sites for hydroxylation is 1. The molecule has 16 heavy (non-hydrogen) atoms. The number of thiophene rings is 1. The number of aliphatic hydroxyl groups is 1. The van der Waals surface area contributed by atoms with Crippen LogP contribution in [0, 0.1) is 12.3 Å². The highest BCUT2D eigenvalue weighted by molar-refractivity contribution is 7.11. The second kappa shape index (κ2) is 4.86. The van der Waals surface area contributed by atoms with Crippen molar-refractivity contribution in [2.75, 3.05) is 6.61 Å². The lowest BCUT2D eigenvalue weighted by molar-refractivity contribution is 0.118. The quantitative estimate of drug-likeness (QED) is 0.846. The van der Waals surface area contributed by atoms with Crippen LogP contribution >= 0.6 is 11.3 Å². The minimum absolute atomic E-state index is 0.0896. The third kappa shape index (κ3) is 2.47. The Morgan fingerprint density at radius 3 is 3.00 bits per heavy atom. The minimum Gasteiger partial charge on any atom is -0.396 e. The van der Waals surface area contributed by atoms with Gasteiger partial charge in [-0.2, -0.15) is 0 Å². The van der Waals surface area contributed by atoms with Crippen molar-refractivity contribution in [3.63, 3.8) is 0 Å². The Labute approximate surface area is 102 Å². The van der Waals surface area contributed by atoms with Gasteiger partial charge in [-0.25, -0.2) is 0 Å². The minimum atomic E-state index is 0.0896. The zero-order valence-corrected chi connectivity index (χ0v) is 10.9. The third-order valence-electron chi connectivity index (χ3n) is 3.76.